The summed E-state index contributed by atoms with van der Waals surface area (Å²) in [6, 6.07) is 15.7. The zero-order valence-electron chi connectivity index (χ0n) is 28.6. The molecule has 11 heteroatoms. The maximum atomic E-state index is 13.7. The fourth-order valence-corrected chi connectivity index (χ4v) is 6.85. The lowest BCUT2D eigenvalue weighted by Crippen LogP contribution is -2.47. The molecule has 46 heavy (non-hydrogen) atoms. The molecule has 0 fully saturated rings. The van der Waals surface area contributed by atoms with Crippen molar-refractivity contribution in [3.05, 3.63) is 65.2 Å². The number of para-hydroxylation sites is 1. The van der Waals surface area contributed by atoms with E-state index in [1.54, 1.807) is 47.4 Å². The van der Waals surface area contributed by atoms with Crippen LogP contribution in [0.1, 0.15) is 78.5 Å². The number of nitrogens with zero attached hydrogens (tertiary/aromatic N) is 3. The van der Waals surface area contributed by atoms with Gasteiger partial charge in [0, 0.05) is 36.1 Å². The highest BCUT2D eigenvalue weighted by atomic mass is 33.1. The number of benzene rings is 2. The van der Waals surface area contributed by atoms with Gasteiger partial charge in [-0.05, 0) is 78.2 Å². The largest absolute Gasteiger partial charge is 0.464 e. The Morgan fingerprint density at radius 1 is 0.957 bits per heavy atom. The molecule has 0 saturated carbocycles. The first-order chi connectivity index (χ1) is 21.6. The van der Waals surface area contributed by atoms with Gasteiger partial charge in [-0.2, -0.15) is 10.2 Å². The Hall–Kier alpha value is -3.15. The number of carbonyl (C=O) groups is 3. The Bertz CT molecular complexity index is 1460. The lowest BCUT2D eigenvalue weighted by atomic mass is 9.93. The number of esters is 1. The van der Waals surface area contributed by atoms with Gasteiger partial charge in [-0.3, -0.25) is 14.4 Å². The number of carbonyl (C=O) groups excluding carboxylic acids is 3. The van der Waals surface area contributed by atoms with Crippen molar-refractivity contribution in [2.75, 3.05) is 37.5 Å². The molecule has 0 spiro atoms. The Morgan fingerprint density at radius 3 is 2.28 bits per heavy atom. The van der Waals surface area contributed by atoms with Crippen molar-refractivity contribution in [3.63, 3.8) is 0 Å². The molecule has 1 N–H and O–H groups in total. The molecule has 1 aliphatic heterocycles. The number of amides is 2. The van der Waals surface area contributed by atoms with Crippen molar-refractivity contribution in [1.82, 2.24) is 5.32 Å². The molecule has 250 valence electrons. The maximum Gasteiger partial charge on any atom is 0.311 e. The van der Waals surface area contributed by atoms with E-state index in [9.17, 15) is 14.4 Å². The third kappa shape index (κ3) is 10.2. The minimum atomic E-state index is -1.10. The van der Waals surface area contributed by atoms with Crippen LogP contribution in [0.2, 0.25) is 0 Å². The van der Waals surface area contributed by atoms with E-state index in [0.717, 1.165) is 33.6 Å². The van der Waals surface area contributed by atoms with Crippen LogP contribution >= 0.6 is 21.6 Å². The number of nitrogens with one attached hydrogen (secondary N) is 1. The van der Waals surface area contributed by atoms with E-state index in [0.29, 0.717) is 25.5 Å². The third-order valence-electron chi connectivity index (χ3n) is 7.30. The second-order valence-corrected chi connectivity index (χ2v) is 16.4. The number of anilines is 1. The number of hydrogen-bond donors (Lipinski definition) is 1. The third-order valence-corrected chi connectivity index (χ3v) is 10.5. The van der Waals surface area contributed by atoms with Crippen molar-refractivity contribution in [1.29, 1.82) is 0 Å². The topological polar surface area (TPSA) is 110 Å². The van der Waals surface area contributed by atoms with E-state index in [2.05, 4.69) is 15.5 Å². The SMILES string of the molecule is CN=N/C1=C(\C)c2ccccc2CN(C(=O)CCNC(=O)C(C)(C)OCC(C)(C)SSCCOC(=O)C(C)(C)C)c2ccccc21. The molecule has 0 unspecified atom stereocenters. The summed E-state index contributed by atoms with van der Waals surface area (Å²) in [4.78, 5) is 40.6. The standard InChI is InChI=1S/C35H48N4O5S2/c1-24-26-15-11-10-14-25(26)22-39(28-17-13-12-16-27(28)30(24)38-36-9)29(40)18-19-37-31(41)35(7,8)44-23-34(5,6)46-45-21-20-43-32(42)33(2,3)4/h10-17H,18-23H2,1-9H3,(H,37,41)/b30-24+,38-36?. The molecular weight excluding hydrogens is 621 g/mol. The van der Waals surface area contributed by atoms with Gasteiger partial charge in [0.25, 0.3) is 5.91 Å². The Labute approximate surface area is 281 Å². The average Bonchev–Trinajstić information content (AvgIpc) is 3.00. The van der Waals surface area contributed by atoms with Gasteiger partial charge in [-0.1, -0.05) is 64.1 Å². The summed E-state index contributed by atoms with van der Waals surface area (Å²) in [5.74, 6) is 0.0375. The van der Waals surface area contributed by atoms with Crippen LogP contribution in [0.15, 0.2) is 58.8 Å². The summed E-state index contributed by atoms with van der Waals surface area (Å²) in [5.41, 5.74) is 3.72. The fraction of sp³-hybridized carbons (Fsp3) is 0.514. The van der Waals surface area contributed by atoms with Gasteiger partial charge in [-0.15, -0.1) is 0 Å². The molecule has 9 nitrogen and oxygen atoms in total. The molecule has 3 rings (SSSR count). The van der Waals surface area contributed by atoms with Crippen molar-refractivity contribution >= 4 is 56.3 Å². The second-order valence-electron chi connectivity index (χ2n) is 13.3. The first-order valence-electron chi connectivity index (χ1n) is 15.5. The van der Waals surface area contributed by atoms with Gasteiger partial charge >= 0.3 is 5.97 Å². The van der Waals surface area contributed by atoms with Crippen LogP contribution in [0.4, 0.5) is 5.69 Å². The van der Waals surface area contributed by atoms with Gasteiger partial charge in [0.05, 0.1) is 30.0 Å². The zero-order valence-corrected chi connectivity index (χ0v) is 30.2. The fourth-order valence-electron chi connectivity index (χ4n) is 4.63. The van der Waals surface area contributed by atoms with Crippen LogP contribution in [0.3, 0.4) is 0 Å². The minimum absolute atomic E-state index is 0.114. The molecule has 1 heterocycles. The van der Waals surface area contributed by atoms with Gasteiger partial charge in [0.1, 0.15) is 12.2 Å². The first-order valence-corrected chi connectivity index (χ1v) is 17.8. The van der Waals surface area contributed by atoms with Crippen LogP contribution in [0, 0.1) is 5.41 Å². The van der Waals surface area contributed by atoms with E-state index >= 15 is 0 Å². The van der Waals surface area contributed by atoms with Crippen LogP contribution in [0.25, 0.3) is 11.3 Å². The maximum absolute atomic E-state index is 13.7. The van der Waals surface area contributed by atoms with Gasteiger partial charge < -0.3 is 19.7 Å². The highest BCUT2D eigenvalue weighted by Crippen LogP contribution is 2.39. The number of azo groups is 1. The molecule has 0 bridgehead atoms. The molecular formula is C35H48N4O5S2. The predicted octanol–water partition coefficient (Wildman–Crippen LogP) is 7.55. The van der Waals surface area contributed by atoms with Crippen LogP contribution in [-0.2, 0) is 30.4 Å². The molecule has 0 atom stereocenters. The van der Waals surface area contributed by atoms with Crippen LogP contribution in [-0.4, -0.2) is 60.7 Å². The zero-order chi connectivity index (χ0) is 34.1. The van der Waals surface area contributed by atoms with Crippen molar-refractivity contribution in [3.8, 4) is 0 Å². The quantitative estimate of drug-likeness (QED) is 0.102. The molecule has 2 aromatic rings. The summed E-state index contributed by atoms with van der Waals surface area (Å²) in [6.07, 6.45) is 0.115. The van der Waals surface area contributed by atoms with Gasteiger partial charge in [0.15, 0.2) is 0 Å². The molecule has 0 aliphatic carbocycles. The number of rotatable bonds is 13. The molecule has 1 aliphatic rings. The highest BCUT2D eigenvalue weighted by molar-refractivity contribution is 8.77. The number of fused-ring (bicyclic) bond motifs is 2. The number of ether oxygens (including phenoxy) is 2. The summed E-state index contributed by atoms with van der Waals surface area (Å²) in [7, 11) is 4.87. The summed E-state index contributed by atoms with van der Waals surface area (Å²) in [6.45, 7) is 16.3. The molecule has 0 aromatic heterocycles. The predicted molar refractivity (Wildman–Crippen MR) is 190 cm³/mol. The first kappa shape index (κ1) is 37.3. The lowest BCUT2D eigenvalue weighted by molar-refractivity contribution is -0.152. The number of hydrogen-bond acceptors (Lipinski definition) is 9. The van der Waals surface area contributed by atoms with Crippen molar-refractivity contribution in [2.45, 2.75) is 78.7 Å². The van der Waals surface area contributed by atoms with E-state index in [-0.39, 0.29) is 35.5 Å². The van der Waals surface area contributed by atoms with E-state index < -0.39 is 11.0 Å². The van der Waals surface area contributed by atoms with Gasteiger partial charge in [0.2, 0.25) is 5.91 Å². The van der Waals surface area contributed by atoms with Crippen LogP contribution < -0.4 is 10.2 Å². The highest BCUT2D eigenvalue weighted by Gasteiger charge is 2.32. The Morgan fingerprint density at radius 2 is 1.61 bits per heavy atom. The summed E-state index contributed by atoms with van der Waals surface area (Å²) < 4.78 is 11.1. The van der Waals surface area contributed by atoms with Gasteiger partial charge in [-0.25, -0.2) is 0 Å². The molecule has 2 amide bonds. The van der Waals surface area contributed by atoms with Crippen molar-refractivity contribution < 1.29 is 23.9 Å². The number of allylic oxidation sites excluding steroid dienone is 1. The smallest absolute Gasteiger partial charge is 0.311 e. The molecule has 0 saturated heterocycles. The van der Waals surface area contributed by atoms with Crippen molar-refractivity contribution in [2.24, 2.45) is 15.6 Å². The lowest BCUT2D eigenvalue weighted by Gasteiger charge is -2.31. The Balaban J connectivity index is 1.58. The van der Waals surface area contributed by atoms with E-state index in [1.807, 2.05) is 90.1 Å². The monoisotopic (exact) mass is 668 g/mol. The summed E-state index contributed by atoms with van der Waals surface area (Å²) >= 11 is 0. The second kappa shape index (κ2) is 16.1. The minimum Gasteiger partial charge on any atom is -0.464 e. The molecule has 2 aromatic carbocycles. The normalized spacial score (nSPS) is 15.5. The molecule has 0 radical (unpaired) electrons. The summed E-state index contributed by atoms with van der Waals surface area (Å²) in [5, 5.41) is 11.4. The van der Waals surface area contributed by atoms with E-state index in [4.69, 9.17) is 9.47 Å². The Kier molecular flexibility index (Phi) is 13.1. The van der Waals surface area contributed by atoms with Crippen LogP contribution in [0.5, 0.6) is 0 Å². The average molecular weight is 669 g/mol. The van der Waals surface area contributed by atoms with E-state index in [1.165, 1.54) is 0 Å².